The van der Waals surface area contributed by atoms with Gasteiger partial charge >= 0.3 is 0 Å². The van der Waals surface area contributed by atoms with Gasteiger partial charge in [0.2, 0.25) is 0 Å². The van der Waals surface area contributed by atoms with Gasteiger partial charge in [0, 0.05) is 6.54 Å². The lowest BCUT2D eigenvalue weighted by Gasteiger charge is -2.24. The molecular weight excluding hydrogens is 238 g/mol. The Hall–Kier alpha value is -1.06. The lowest BCUT2D eigenvalue weighted by Crippen LogP contribution is -2.23. The van der Waals surface area contributed by atoms with Crippen molar-refractivity contribution in [3.63, 3.8) is 0 Å². The van der Waals surface area contributed by atoms with Gasteiger partial charge in [0.05, 0.1) is 13.2 Å². The summed E-state index contributed by atoms with van der Waals surface area (Å²) in [6.45, 7) is 8.82. The van der Waals surface area contributed by atoms with Crippen molar-refractivity contribution in [3.8, 4) is 5.75 Å². The first-order valence-electron chi connectivity index (χ1n) is 6.98. The van der Waals surface area contributed by atoms with Crippen molar-refractivity contribution >= 4 is 0 Å². The van der Waals surface area contributed by atoms with Crippen LogP contribution in [-0.4, -0.2) is 24.9 Å². The molecule has 0 aliphatic carbocycles. The third-order valence-corrected chi connectivity index (χ3v) is 4.06. The maximum absolute atomic E-state index is 9.82. The highest BCUT2D eigenvalue weighted by Crippen LogP contribution is 2.35. The zero-order valence-corrected chi connectivity index (χ0v) is 12.8. The molecule has 2 atom stereocenters. The number of methoxy groups -OCH3 is 1. The number of aryl methyl sites for hydroxylation is 1. The molecule has 1 aromatic rings. The SMILES string of the molecule is CCC(CC(O)CN)c1c(C)cc(OC)c(C)c1C. The van der Waals surface area contributed by atoms with Crippen LogP contribution < -0.4 is 10.5 Å². The van der Waals surface area contributed by atoms with Crippen LogP contribution in [0.2, 0.25) is 0 Å². The minimum Gasteiger partial charge on any atom is -0.496 e. The maximum Gasteiger partial charge on any atom is 0.122 e. The molecule has 2 unspecified atom stereocenters. The van der Waals surface area contributed by atoms with E-state index in [-0.39, 0.29) is 0 Å². The number of aliphatic hydroxyl groups is 1. The molecule has 1 aromatic carbocycles. The molecule has 0 spiro atoms. The topological polar surface area (TPSA) is 55.5 Å². The van der Waals surface area contributed by atoms with Crippen LogP contribution >= 0.6 is 0 Å². The van der Waals surface area contributed by atoms with Gasteiger partial charge in [0.1, 0.15) is 5.75 Å². The molecule has 0 heterocycles. The van der Waals surface area contributed by atoms with Crippen molar-refractivity contribution in [3.05, 3.63) is 28.3 Å². The molecule has 3 nitrogen and oxygen atoms in total. The predicted molar refractivity (Wildman–Crippen MR) is 79.9 cm³/mol. The Labute approximate surface area is 116 Å². The number of benzene rings is 1. The van der Waals surface area contributed by atoms with Crippen molar-refractivity contribution in [2.45, 2.75) is 52.6 Å². The van der Waals surface area contributed by atoms with E-state index in [1.54, 1.807) is 7.11 Å². The van der Waals surface area contributed by atoms with Crippen molar-refractivity contribution in [2.75, 3.05) is 13.7 Å². The third-order valence-electron chi connectivity index (χ3n) is 4.06. The van der Waals surface area contributed by atoms with Crippen molar-refractivity contribution in [1.82, 2.24) is 0 Å². The molecule has 0 aliphatic heterocycles. The van der Waals surface area contributed by atoms with Crippen LogP contribution in [0.25, 0.3) is 0 Å². The highest BCUT2D eigenvalue weighted by molar-refractivity contribution is 5.49. The average Bonchev–Trinajstić information content (AvgIpc) is 2.41. The molecule has 3 heteroatoms. The van der Waals surface area contributed by atoms with E-state index in [9.17, 15) is 5.11 Å². The number of rotatable bonds is 6. The summed E-state index contributed by atoms with van der Waals surface area (Å²) in [4.78, 5) is 0. The fourth-order valence-corrected chi connectivity index (χ4v) is 2.82. The summed E-state index contributed by atoms with van der Waals surface area (Å²) in [5.41, 5.74) is 10.6. The number of aliphatic hydroxyl groups excluding tert-OH is 1. The molecule has 3 N–H and O–H groups in total. The first-order chi connectivity index (χ1) is 8.96. The average molecular weight is 265 g/mol. The molecule has 19 heavy (non-hydrogen) atoms. The summed E-state index contributed by atoms with van der Waals surface area (Å²) >= 11 is 0. The Morgan fingerprint density at radius 1 is 1.26 bits per heavy atom. The molecule has 0 saturated carbocycles. The van der Waals surface area contributed by atoms with E-state index in [4.69, 9.17) is 10.5 Å². The number of ether oxygens (including phenoxy) is 1. The Balaban J connectivity index is 3.20. The Morgan fingerprint density at radius 2 is 1.89 bits per heavy atom. The van der Waals surface area contributed by atoms with Crippen LogP contribution in [0.15, 0.2) is 6.07 Å². The predicted octanol–water partition coefficient (Wildman–Crippen LogP) is 2.82. The van der Waals surface area contributed by atoms with E-state index in [1.807, 2.05) is 0 Å². The zero-order valence-electron chi connectivity index (χ0n) is 12.8. The summed E-state index contributed by atoms with van der Waals surface area (Å²) in [7, 11) is 1.70. The molecule has 0 bridgehead atoms. The van der Waals surface area contributed by atoms with Crippen molar-refractivity contribution in [2.24, 2.45) is 5.73 Å². The van der Waals surface area contributed by atoms with Crippen LogP contribution in [0.4, 0.5) is 0 Å². The molecule has 0 fully saturated rings. The van der Waals surface area contributed by atoms with Crippen LogP contribution in [0, 0.1) is 20.8 Å². The maximum atomic E-state index is 9.82. The molecule has 0 saturated heterocycles. The summed E-state index contributed by atoms with van der Waals surface area (Å²) in [6, 6.07) is 2.09. The van der Waals surface area contributed by atoms with Crippen molar-refractivity contribution < 1.29 is 9.84 Å². The second kappa shape index (κ2) is 6.92. The van der Waals surface area contributed by atoms with E-state index in [0.29, 0.717) is 12.5 Å². The van der Waals surface area contributed by atoms with Crippen LogP contribution in [-0.2, 0) is 0 Å². The third kappa shape index (κ3) is 3.48. The number of hydrogen-bond acceptors (Lipinski definition) is 3. The number of nitrogens with two attached hydrogens (primary N) is 1. The Bertz CT molecular complexity index is 429. The van der Waals surface area contributed by atoms with E-state index < -0.39 is 6.10 Å². The largest absolute Gasteiger partial charge is 0.496 e. The summed E-state index contributed by atoms with van der Waals surface area (Å²) in [6.07, 6.45) is 1.30. The normalized spacial score (nSPS) is 14.3. The van der Waals surface area contributed by atoms with Crippen LogP contribution in [0.5, 0.6) is 5.75 Å². The summed E-state index contributed by atoms with van der Waals surface area (Å²) < 4.78 is 5.41. The highest BCUT2D eigenvalue weighted by Gasteiger charge is 2.20. The highest BCUT2D eigenvalue weighted by atomic mass is 16.5. The zero-order chi connectivity index (χ0) is 14.6. The first-order valence-corrected chi connectivity index (χ1v) is 6.98. The smallest absolute Gasteiger partial charge is 0.122 e. The van der Waals surface area contributed by atoms with Crippen molar-refractivity contribution in [1.29, 1.82) is 0 Å². The first kappa shape index (κ1) is 16.0. The van der Waals surface area contributed by atoms with Gasteiger partial charge in [-0.15, -0.1) is 0 Å². The lowest BCUT2D eigenvalue weighted by atomic mass is 9.83. The second-order valence-corrected chi connectivity index (χ2v) is 5.29. The molecular formula is C16H27NO2. The molecule has 0 aromatic heterocycles. The Kier molecular flexibility index (Phi) is 5.83. The van der Waals surface area contributed by atoms with Gasteiger partial charge in [-0.1, -0.05) is 6.92 Å². The monoisotopic (exact) mass is 265 g/mol. The fraction of sp³-hybridized carbons (Fsp3) is 0.625. The van der Waals surface area contributed by atoms with Gasteiger partial charge in [-0.05, 0) is 67.9 Å². The van der Waals surface area contributed by atoms with Gasteiger partial charge < -0.3 is 15.6 Å². The standard InChI is InChI=1S/C16H27NO2/c1-6-13(8-14(18)9-17)16-10(2)7-15(19-5)11(3)12(16)4/h7,13-14,18H,6,8-9,17H2,1-5H3. The summed E-state index contributed by atoms with van der Waals surface area (Å²) in [5, 5.41) is 9.82. The van der Waals surface area contributed by atoms with E-state index in [0.717, 1.165) is 18.6 Å². The molecule has 0 aliphatic rings. The minimum atomic E-state index is -0.425. The second-order valence-electron chi connectivity index (χ2n) is 5.29. The van der Waals surface area contributed by atoms with E-state index >= 15 is 0 Å². The van der Waals surface area contributed by atoms with Gasteiger partial charge in [-0.25, -0.2) is 0 Å². The van der Waals surface area contributed by atoms with Gasteiger partial charge in [0.25, 0.3) is 0 Å². The lowest BCUT2D eigenvalue weighted by molar-refractivity contribution is 0.162. The Morgan fingerprint density at radius 3 is 2.37 bits per heavy atom. The van der Waals surface area contributed by atoms with Gasteiger partial charge in [0.15, 0.2) is 0 Å². The number of hydrogen-bond donors (Lipinski definition) is 2. The van der Waals surface area contributed by atoms with Crippen LogP contribution in [0.1, 0.15) is 47.9 Å². The molecule has 0 radical (unpaired) electrons. The molecule has 0 amide bonds. The van der Waals surface area contributed by atoms with Crippen LogP contribution in [0.3, 0.4) is 0 Å². The fourth-order valence-electron chi connectivity index (χ4n) is 2.82. The van der Waals surface area contributed by atoms with E-state index in [2.05, 4.69) is 33.8 Å². The van der Waals surface area contributed by atoms with Gasteiger partial charge in [-0.3, -0.25) is 0 Å². The van der Waals surface area contributed by atoms with E-state index in [1.165, 1.54) is 22.3 Å². The quantitative estimate of drug-likeness (QED) is 0.831. The summed E-state index contributed by atoms with van der Waals surface area (Å²) in [5.74, 6) is 1.29. The molecule has 1 rings (SSSR count). The minimum absolute atomic E-state index is 0.323. The molecule has 108 valence electrons. The van der Waals surface area contributed by atoms with Gasteiger partial charge in [-0.2, -0.15) is 0 Å².